The van der Waals surface area contributed by atoms with Gasteiger partial charge in [-0.3, -0.25) is 4.79 Å². The molecule has 0 atom stereocenters. The van der Waals surface area contributed by atoms with E-state index in [-0.39, 0.29) is 16.2 Å². The third-order valence-electron chi connectivity index (χ3n) is 5.04. The highest BCUT2D eigenvalue weighted by molar-refractivity contribution is 7.93. The van der Waals surface area contributed by atoms with Gasteiger partial charge in [0, 0.05) is 0 Å². The molecule has 0 saturated carbocycles. The molecule has 0 heterocycles. The number of aryl methyl sites for hydroxylation is 1. The van der Waals surface area contributed by atoms with Crippen molar-refractivity contribution in [1.82, 2.24) is 0 Å². The Balaban J connectivity index is 2.18. The van der Waals surface area contributed by atoms with Crippen LogP contribution in [0.3, 0.4) is 0 Å². The summed E-state index contributed by atoms with van der Waals surface area (Å²) in [7, 11) is -2.75. The van der Waals surface area contributed by atoms with Crippen LogP contribution in [0.5, 0.6) is 5.75 Å². The molecule has 0 aliphatic heterocycles. The lowest BCUT2D eigenvalue weighted by Gasteiger charge is -2.24. The van der Waals surface area contributed by atoms with Gasteiger partial charge in [0.25, 0.3) is 15.9 Å². The van der Waals surface area contributed by atoms with Crippen molar-refractivity contribution in [1.29, 1.82) is 5.26 Å². The van der Waals surface area contributed by atoms with Crippen LogP contribution in [0, 0.1) is 25.2 Å². The molecule has 0 N–H and O–H groups in total. The fraction of sp³-hybridized carbons (Fsp3) is 0.120. The van der Waals surface area contributed by atoms with Gasteiger partial charge in [0.2, 0.25) is 0 Å². The lowest BCUT2D eigenvalue weighted by molar-refractivity contribution is -0.113. The predicted molar refractivity (Wildman–Crippen MR) is 124 cm³/mol. The molecule has 0 aliphatic rings. The van der Waals surface area contributed by atoms with Crippen molar-refractivity contribution in [2.75, 3.05) is 11.4 Å². The summed E-state index contributed by atoms with van der Waals surface area (Å²) in [5.74, 6) is -0.309. The van der Waals surface area contributed by atoms with Gasteiger partial charge in [-0.25, -0.2) is 8.42 Å². The van der Waals surface area contributed by atoms with Crippen LogP contribution in [0.25, 0.3) is 6.08 Å². The van der Waals surface area contributed by atoms with Gasteiger partial charge in [-0.05, 0) is 66.9 Å². The molecule has 0 aliphatic carbocycles. The van der Waals surface area contributed by atoms with Crippen LogP contribution in [0.4, 0.5) is 5.69 Å². The molecular formula is C25H22N2O4S. The van der Waals surface area contributed by atoms with Crippen molar-refractivity contribution < 1.29 is 17.9 Å². The maximum absolute atomic E-state index is 13.5. The molecule has 3 aromatic rings. The standard InChI is InChI=1S/C25H22N2O4S/c1-18-8-7-11-24(19(18)2)27(32(29,30)23-9-5-4-6-10-23)25(28)21(17-26)16-20-12-14-22(31-3)15-13-20/h4-16H,1-3H3/b21-16+. The average molecular weight is 447 g/mol. The first kappa shape index (κ1) is 22.8. The molecule has 7 heteroatoms. The average Bonchev–Trinajstić information content (AvgIpc) is 2.81. The van der Waals surface area contributed by atoms with E-state index in [2.05, 4.69) is 0 Å². The molecule has 32 heavy (non-hydrogen) atoms. The minimum atomic E-state index is -4.28. The SMILES string of the molecule is COc1ccc(/C=C(\C#N)C(=O)N(c2cccc(C)c2C)S(=O)(=O)c2ccccc2)cc1. The van der Waals surface area contributed by atoms with Gasteiger partial charge < -0.3 is 4.74 Å². The Hall–Kier alpha value is -3.89. The number of ether oxygens (including phenoxy) is 1. The third-order valence-corrected chi connectivity index (χ3v) is 6.75. The van der Waals surface area contributed by atoms with Crippen molar-refractivity contribution in [3.8, 4) is 11.8 Å². The molecule has 0 aromatic heterocycles. The molecule has 0 spiro atoms. The Labute approximate surface area is 188 Å². The number of carbonyl (C=O) groups excluding carboxylic acids is 1. The van der Waals surface area contributed by atoms with E-state index in [0.29, 0.717) is 21.2 Å². The monoisotopic (exact) mass is 446 g/mol. The number of carbonyl (C=O) groups is 1. The van der Waals surface area contributed by atoms with Gasteiger partial charge in [0.15, 0.2) is 0 Å². The number of nitriles is 1. The van der Waals surface area contributed by atoms with Crippen LogP contribution >= 0.6 is 0 Å². The molecule has 0 bridgehead atoms. The quantitative estimate of drug-likeness (QED) is 0.407. The summed E-state index contributed by atoms with van der Waals surface area (Å²) >= 11 is 0. The van der Waals surface area contributed by atoms with Gasteiger partial charge in [-0.2, -0.15) is 9.57 Å². The second-order valence-corrected chi connectivity index (χ2v) is 8.84. The molecule has 6 nitrogen and oxygen atoms in total. The Morgan fingerprint density at radius 2 is 1.62 bits per heavy atom. The number of rotatable bonds is 6. The van der Waals surface area contributed by atoms with E-state index in [1.54, 1.807) is 61.5 Å². The summed E-state index contributed by atoms with van der Waals surface area (Å²) in [5, 5.41) is 9.73. The summed E-state index contributed by atoms with van der Waals surface area (Å²) in [6.45, 7) is 3.57. The molecule has 0 unspecified atom stereocenters. The number of hydrogen-bond acceptors (Lipinski definition) is 5. The molecule has 3 aromatic carbocycles. The fourth-order valence-corrected chi connectivity index (χ4v) is 4.60. The number of nitrogens with zero attached hydrogens (tertiary/aromatic N) is 2. The number of methoxy groups -OCH3 is 1. The van der Waals surface area contributed by atoms with Crippen molar-refractivity contribution in [2.24, 2.45) is 0 Å². The number of anilines is 1. The van der Waals surface area contributed by atoms with Gasteiger partial charge in [-0.1, -0.05) is 42.5 Å². The second-order valence-electron chi connectivity index (χ2n) is 7.05. The Kier molecular flexibility index (Phi) is 6.76. The van der Waals surface area contributed by atoms with Crippen molar-refractivity contribution >= 4 is 27.7 Å². The first-order valence-electron chi connectivity index (χ1n) is 9.76. The first-order valence-corrected chi connectivity index (χ1v) is 11.2. The highest BCUT2D eigenvalue weighted by Gasteiger charge is 2.34. The fourth-order valence-electron chi connectivity index (χ4n) is 3.12. The number of amides is 1. The van der Waals surface area contributed by atoms with Crippen LogP contribution in [0.15, 0.2) is 83.3 Å². The number of sulfonamides is 1. The van der Waals surface area contributed by atoms with Crippen LogP contribution < -0.4 is 9.04 Å². The van der Waals surface area contributed by atoms with Crippen LogP contribution in [-0.4, -0.2) is 21.4 Å². The lowest BCUT2D eigenvalue weighted by atomic mass is 10.1. The minimum Gasteiger partial charge on any atom is -0.497 e. The summed E-state index contributed by atoms with van der Waals surface area (Å²) in [5.41, 5.74) is 1.90. The first-order chi connectivity index (χ1) is 15.3. The maximum atomic E-state index is 13.5. The zero-order valence-corrected chi connectivity index (χ0v) is 18.8. The molecule has 1 amide bonds. The van der Waals surface area contributed by atoms with Crippen molar-refractivity contribution in [3.05, 3.63) is 95.1 Å². The normalized spacial score (nSPS) is 11.5. The molecule has 0 fully saturated rings. The number of benzene rings is 3. The highest BCUT2D eigenvalue weighted by Crippen LogP contribution is 2.30. The van der Waals surface area contributed by atoms with Gasteiger partial charge in [0.05, 0.1) is 17.7 Å². The summed E-state index contributed by atoms with van der Waals surface area (Å²) in [4.78, 5) is 13.5. The molecule has 3 rings (SSSR count). The summed E-state index contributed by atoms with van der Waals surface area (Å²) < 4.78 is 32.9. The predicted octanol–water partition coefficient (Wildman–Crippen LogP) is 4.64. The van der Waals surface area contributed by atoms with Crippen LogP contribution in [0.1, 0.15) is 16.7 Å². The van der Waals surface area contributed by atoms with E-state index in [9.17, 15) is 18.5 Å². The smallest absolute Gasteiger partial charge is 0.282 e. The second kappa shape index (κ2) is 9.50. The zero-order chi connectivity index (χ0) is 23.3. The minimum absolute atomic E-state index is 0.0454. The topological polar surface area (TPSA) is 87.5 Å². The van der Waals surface area contributed by atoms with Crippen molar-refractivity contribution in [2.45, 2.75) is 18.7 Å². The van der Waals surface area contributed by atoms with Gasteiger partial charge in [-0.15, -0.1) is 0 Å². The van der Waals surface area contributed by atoms with Gasteiger partial charge >= 0.3 is 0 Å². The molecule has 0 radical (unpaired) electrons. The Morgan fingerprint density at radius 3 is 2.22 bits per heavy atom. The largest absolute Gasteiger partial charge is 0.497 e. The van der Waals surface area contributed by atoms with E-state index in [4.69, 9.17) is 4.74 Å². The van der Waals surface area contributed by atoms with E-state index in [1.807, 2.05) is 19.1 Å². The van der Waals surface area contributed by atoms with E-state index in [0.717, 1.165) is 5.56 Å². The van der Waals surface area contributed by atoms with E-state index >= 15 is 0 Å². The summed E-state index contributed by atoms with van der Waals surface area (Å²) in [6.07, 6.45) is 1.36. The Bertz CT molecular complexity index is 1310. The Morgan fingerprint density at radius 1 is 0.969 bits per heavy atom. The summed E-state index contributed by atoms with van der Waals surface area (Å²) in [6, 6.07) is 21.3. The third kappa shape index (κ3) is 4.56. The maximum Gasteiger partial charge on any atom is 0.282 e. The zero-order valence-electron chi connectivity index (χ0n) is 17.9. The highest BCUT2D eigenvalue weighted by atomic mass is 32.2. The molecule has 0 saturated heterocycles. The molecular weight excluding hydrogens is 424 g/mol. The van der Waals surface area contributed by atoms with Crippen molar-refractivity contribution in [3.63, 3.8) is 0 Å². The van der Waals surface area contributed by atoms with Gasteiger partial charge in [0.1, 0.15) is 17.4 Å². The van der Waals surface area contributed by atoms with E-state index in [1.165, 1.54) is 25.3 Å². The van der Waals surface area contributed by atoms with E-state index < -0.39 is 15.9 Å². The lowest BCUT2D eigenvalue weighted by Crippen LogP contribution is -2.38. The van der Waals surface area contributed by atoms with Crippen LogP contribution in [-0.2, 0) is 14.8 Å². The number of hydrogen-bond donors (Lipinski definition) is 0. The molecule has 162 valence electrons. The van der Waals surface area contributed by atoms with Crippen LogP contribution in [0.2, 0.25) is 0 Å².